The highest BCUT2D eigenvalue weighted by Crippen LogP contribution is 2.58. The lowest BCUT2D eigenvalue weighted by molar-refractivity contribution is -0.224. The number of amides is 1. The molecule has 57 heavy (non-hydrogen) atoms. The minimum atomic E-state index is -4.69. The van der Waals surface area contributed by atoms with Crippen molar-refractivity contribution in [3.8, 4) is 0 Å². The van der Waals surface area contributed by atoms with Crippen LogP contribution < -0.4 is 5.32 Å². The van der Waals surface area contributed by atoms with E-state index in [2.05, 4.69) is 23.9 Å². The van der Waals surface area contributed by atoms with Crippen molar-refractivity contribution in [2.24, 2.45) is 5.41 Å². The molecule has 3 heterocycles. The average molecular weight is 811 g/mol. The number of unbranched alkanes of at least 4 members (excludes halogenated alkanes) is 4. The number of esters is 3. The number of carbonyl (C=O) groups is 4. The van der Waals surface area contributed by atoms with Crippen molar-refractivity contribution in [1.29, 1.82) is 0 Å². The molecule has 2 N–H and O–H groups in total. The Kier molecular flexibility index (Phi) is 14.5. The van der Waals surface area contributed by atoms with Crippen molar-refractivity contribution < 1.29 is 66.0 Å². The van der Waals surface area contributed by atoms with E-state index in [1.807, 2.05) is 0 Å². The van der Waals surface area contributed by atoms with Gasteiger partial charge in [0.05, 0.1) is 19.2 Å². The highest BCUT2D eigenvalue weighted by Gasteiger charge is 2.76. The minimum absolute atomic E-state index is 0.0255. The maximum Gasteiger partial charge on any atom is 0.422 e. The number of fused-ring (bicyclic) bond motifs is 4. The first kappa shape index (κ1) is 44.5. The molecule has 4 fully saturated rings. The lowest BCUT2D eigenvalue weighted by Gasteiger charge is -2.49. The number of hydrogen-bond acceptors (Lipinski definition) is 12. The van der Waals surface area contributed by atoms with Gasteiger partial charge >= 0.3 is 24.1 Å². The molecule has 13 nitrogen and oxygen atoms in total. The van der Waals surface area contributed by atoms with Gasteiger partial charge in [-0.2, -0.15) is 18.2 Å². The summed E-state index contributed by atoms with van der Waals surface area (Å²) in [5.41, 5.74) is -1.37. The Labute approximate surface area is 331 Å². The third-order valence-corrected chi connectivity index (χ3v) is 10.8. The first-order chi connectivity index (χ1) is 26.9. The van der Waals surface area contributed by atoms with Crippen molar-refractivity contribution in [1.82, 2.24) is 10.4 Å². The molecule has 3 saturated heterocycles. The normalized spacial score (nSPS) is 27.2. The van der Waals surface area contributed by atoms with Crippen LogP contribution in [-0.2, 0) is 54.2 Å². The Hall–Kier alpha value is -3.57. The Balaban J connectivity index is 1.47. The third-order valence-electron chi connectivity index (χ3n) is 10.8. The predicted octanol–water partition coefficient (Wildman–Crippen LogP) is 5.85. The van der Waals surface area contributed by atoms with Crippen LogP contribution >= 0.6 is 0 Å². The van der Waals surface area contributed by atoms with Gasteiger partial charge in [-0.25, -0.2) is 4.79 Å². The third kappa shape index (κ3) is 10.7. The molecule has 318 valence electrons. The van der Waals surface area contributed by atoms with Crippen LogP contribution in [0, 0.1) is 5.41 Å². The van der Waals surface area contributed by atoms with Crippen molar-refractivity contribution in [2.45, 2.75) is 166 Å². The molecule has 7 unspecified atom stereocenters. The van der Waals surface area contributed by atoms with E-state index in [1.54, 1.807) is 45.0 Å². The van der Waals surface area contributed by atoms with Crippen LogP contribution in [0.25, 0.3) is 6.08 Å². The number of aliphatic hydroxyl groups is 1. The quantitative estimate of drug-likeness (QED) is 0.0745. The maximum absolute atomic E-state index is 14.8. The first-order valence-corrected chi connectivity index (χ1v) is 20.1. The van der Waals surface area contributed by atoms with Gasteiger partial charge in [0, 0.05) is 31.8 Å². The molecule has 4 aliphatic rings. The largest absolute Gasteiger partial charge is 0.460 e. The molecule has 16 heteroatoms. The zero-order valence-corrected chi connectivity index (χ0v) is 33.4. The van der Waals surface area contributed by atoms with E-state index in [4.69, 9.17) is 23.8 Å². The van der Waals surface area contributed by atoms with Gasteiger partial charge in [-0.1, -0.05) is 63.8 Å². The van der Waals surface area contributed by atoms with E-state index in [-0.39, 0.29) is 25.8 Å². The summed E-state index contributed by atoms with van der Waals surface area (Å²) in [7, 11) is 0. The zero-order valence-electron chi connectivity index (χ0n) is 33.4. The smallest absolute Gasteiger partial charge is 0.422 e. The van der Waals surface area contributed by atoms with Crippen molar-refractivity contribution in [3.05, 3.63) is 41.5 Å². The summed E-state index contributed by atoms with van der Waals surface area (Å²) in [5.74, 6) is -3.99. The Morgan fingerprint density at radius 3 is 2.33 bits per heavy atom. The summed E-state index contributed by atoms with van der Waals surface area (Å²) in [6, 6.07) is 4.53. The van der Waals surface area contributed by atoms with Gasteiger partial charge in [-0.3, -0.25) is 19.2 Å². The summed E-state index contributed by atoms with van der Waals surface area (Å²) < 4.78 is 67.4. The van der Waals surface area contributed by atoms with Gasteiger partial charge in [0.1, 0.15) is 35.4 Å². The standard InChI is InChI=1S/C41H57F3N2O11/c1-6-8-12-20-39(21-13-9-7-2)55-32-29-22-40(37(51)45-28(24-47)17-19-31(49)54-38(3,4)5)34(36(50)53-29)46(57-35(40)33(32)56-39)23-27-15-11-10-14-26(27)16-18-30(48)52-25-41(42,43)44/h10-11,14-16,18,28-29,32-35,47H,6-9,12-13,17,19-25H2,1-5H3,(H,45,51). The van der Waals surface area contributed by atoms with Crippen LogP contribution in [0.2, 0.25) is 0 Å². The number of carbonyl (C=O) groups excluding carboxylic acids is 4. The molecular weight excluding hydrogens is 753 g/mol. The minimum Gasteiger partial charge on any atom is -0.460 e. The number of aliphatic hydroxyl groups excluding tert-OH is 1. The van der Waals surface area contributed by atoms with Crippen LogP contribution in [0.15, 0.2) is 30.3 Å². The monoisotopic (exact) mass is 810 g/mol. The highest BCUT2D eigenvalue weighted by atomic mass is 19.4. The number of nitrogens with one attached hydrogen (secondary N) is 1. The van der Waals surface area contributed by atoms with Gasteiger partial charge < -0.3 is 34.1 Å². The van der Waals surface area contributed by atoms with Crippen LogP contribution in [0.1, 0.15) is 116 Å². The van der Waals surface area contributed by atoms with E-state index < -0.39 is 96.5 Å². The fraction of sp³-hybridized carbons (Fsp3) is 0.707. The fourth-order valence-corrected chi connectivity index (χ4v) is 8.28. The molecule has 1 aromatic carbocycles. The SMILES string of the molecule is CCCCCC1(CCCCC)OC2C3CC4(C(=O)NC(CO)CCC(=O)OC(C)(C)C)C(ON(Cc5ccccc5C=CC(=O)OCC(F)(F)F)C4C(=O)O3)C2O1. The van der Waals surface area contributed by atoms with Crippen LogP contribution in [0.4, 0.5) is 13.2 Å². The Morgan fingerprint density at radius 1 is 1.04 bits per heavy atom. The number of alkyl halides is 3. The Bertz CT molecular complexity index is 1600. The molecule has 0 spiro atoms. The topological polar surface area (TPSA) is 159 Å². The summed E-state index contributed by atoms with van der Waals surface area (Å²) in [6.07, 6.45) is 0.790. The molecular formula is C41H57F3N2O11. The maximum atomic E-state index is 14.8. The molecule has 1 aliphatic carbocycles. The van der Waals surface area contributed by atoms with E-state index in [9.17, 15) is 37.5 Å². The molecule has 1 amide bonds. The van der Waals surface area contributed by atoms with E-state index in [0.717, 1.165) is 44.6 Å². The number of hydrogen-bond donors (Lipinski definition) is 2. The molecule has 1 saturated carbocycles. The summed E-state index contributed by atoms with van der Waals surface area (Å²) in [5, 5.41) is 14.6. The summed E-state index contributed by atoms with van der Waals surface area (Å²) >= 11 is 0. The van der Waals surface area contributed by atoms with Gasteiger partial charge in [0.25, 0.3) is 0 Å². The number of benzene rings is 1. The highest BCUT2D eigenvalue weighted by molar-refractivity contribution is 5.94. The molecule has 0 radical (unpaired) electrons. The second-order valence-corrected chi connectivity index (χ2v) is 16.4. The van der Waals surface area contributed by atoms with Gasteiger partial charge in [0.15, 0.2) is 18.4 Å². The first-order valence-electron chi connectivity index (χ1n) is 20.1. The lowest BCUT2D eigenvalue weighted by atomic mass is 9.62. The van der Waals surface area contributed by atoms with Crippen LogP contribution in [0.5, 0.6) is 0 Å². The van der Waals surface area contributed by atoms with Crippen LogP contribution in [0.3, 0.4) is 0 Å². The van der Waals surface area contributed by atoms with Gasteiger partial charge in [-0.05, 0) is 57.2 Å². The molecule has 2 bridgehead atoms. The van der Waals surface area contributed by atoms with Crippen LogP contribution in [-0.4, -0.2) is 101 Å². The van der Waals surface area contributed by atoms with E-state index in [1.165, 1.54) is 11.1 Å². The van der Waals surface area contributed by atoms with Crippen molar-refractivity contribution in [2.75, 3.05) is 13.2 Å². The van der Waals surface area contributed by atoms with Crippen molar-refractivity contribution in [3.63, 3.8) is 0 Å². The average Bonchev–Trinajstić information content (AvgIpc) is 3.69. The summed E-state index contributed by atoms with van der Waals surface area (Å²) in [6.45, 7) is 7.10. The lowest BCUT2D eigenvalue weighted by Crippen LogP contribution is -2.70. The Morgan fingerprint density at radius 2 is 1.70 bits per heavy atom. The van der Waals surface area contributed by atoms with Gasteiger partial charge in [0.2, 0.25) is 5.91 Å². The molecule has 7 atom stereocenters. The fourth-order valence-electron chi connectivity index (χ4n) is 8.28. The second-order valence-electron chi connectivity index (χ2n) is 16.4. The molecule has 5 rings (SSSR count). The van der Waals surface area contributed by atoms with E-state index >= 15 is 0 Å². The van der Waals surface area contributed by atoms with E-state index in [0.29, 0.717) is 24.0 Å². The molecule has 0 aromatic heterocycles. The molecule has 3 aliphatic heterocycles. The van der Waals surface area contributed by atoms with Crippen molar-refractivity contribution >= 4 is 29.9 Å². The number of halogens is 3. The number of ether oxygens (including phenoxy) is 5. The summed E-state index contributed by atoms with van der Waals surface area (Å²) in [4.78, 5) is 60.4. The predicted molar refractivity (Wildman–Crippen MR) is 198 cm³/mol. The van der Waals surface area contributed by atoms with Gasteiger partial charge in [-0.15, -0.1) is 0 Å². The second kappa shape index (κ2) is 18.6. The number of hydroxylamine groups is 2. The zero-order chi connectivity index (χ0) is 41.6. The number of rotatable bonds is 19. The molecule has 1 aromatic rings. The number of nitrogens with zero attached hydrogens (tertiary/aromatic N) is 1.